The van der Waals surface area contributed by atoms with E-state index in [1.165, 1.54) is 23.9 Å². The number of rotatable bonds is 7. The Morgan fingerprint density at radius 1 is 1.16 bits per heavy atom. The molecule has 31 heavy (non-hydrogen) atoms. The van der Waals surface area contributed by atoms with Gasteiger partial charge >= 0.3 is 0 Å². The summed E-state index contributed by atoms with van der Waals surface area (Å²) >= 11 is 8.00. The molecule has 1 heterocycles. The van der Waals surface area contributed by atoms with E-state index in [-0.39, 0.29) is 23.5 Å². The standard InChI is InChI=1S/C20H19FI3N5OS/c1-11(28(2)3)19-26-27-20(29(19)14-6-4-12(21)5-7-14)31-10-17(30)25-18-15(23)8-13(22)9-16(18)24/h4-9,11H,10H2,1-3H3,(H,25,30)/t11-/m0/s1. The summed E-state index contributed by atoms with van der Waals surface area (Å²) in [5.74, 6) is 0.460. The number of nitrogens with zero attached hydrogens (tertiary/aromatic N) is 4. The van der Waals surface area contributed by atoms with Gasteiger partial charge in [-0.2, -0.15) is 0 Å². The second-order valence-electron chi connectivity index (χ2n) is 6.87. The number of anilines is 1. The number of nitrogens with one attached hydrogen (secondary N) is 1. The van der Waals surface area contributed by atoms with E-state index in [9.17, 15) is 9.18 Å². The lowest BCUT2D eigenvalue weighted by atomic mass is 10.2. The number of thioether (sulfide) groups is 1. The smallest absolute Gasteiger partial charge is 0.234 e. The first kappa shape index (κ1) is 25.1. The SMILES string of the molecule is C[C@@H](c1nnc(SCC(=O)Nc2c(I)cc(I)cc2I)n1-c1ccc(F)cc1)N(C)C. The Labute approximate surface area is 225 Å². The molecule has 1 amide bonds. The van der Waals surface area contributed by atoms with Crippen molar-refractivity contribution in [2.45, 2.75) is 18.1 Å². The van der Waals surface area contributed by atoms with E-state index < -0.39 is 0 Å². The van der Waals surface area contributed by atoms with Crippen LogP contribution in [0, 0.1) is 16.5 Å². The van der Waals surface area contributed by atoms with Gasteiger partial charge in [-0.05, 0) is 125 Å². The molecule has 164 valence electrons. The number of aromatic nitrogens is 3. The van der Waals surface area contributed by atoms with Crippen LogP contribution in [-0.4, -0.2) is 45.4 Å². The van der Waals surface area contributed by atoms with Crippen molar-refractivity contribution < 1.29 is 9.18 Å². The van der Waals surface area contributed by atoms with Crippen molar-refractivity contribution in [3.63, 3.8) is 0 Å². The second-order valence-corrected chi connectivity index (χ2v) is 11.4. The van der Waals surface area contributed by atoms with Crippen molar-refractivity contribution in [1.29, 1.82) is 0 Å². The molecule has 0 radical (unpaired) electrons. The number of benzene rings is 2. The van der Waals surface area contributed by atoms with Crippen LogP contribution in [0.15, 0.2) is 41.6 Å². The summed E-state index contributed by atoms with van der Waals surface area (Å²) in [6.07, 6.45) is 0. The monoisotopic (exact) mass is 777 g/mol. The van der Waals surface area contributed by atoms with Crippen molar-refractivity contribution in [3.05, 3.63) is 58.8 Å². The highest BCUT2D eigenvalue weighted by atomic mass is 127. The molecule has 11 heteroatoms. The van der Waals surface area contributed by atoms with E-state index in [2.05, 4.69) is 83.3 Å². The summed E-state index contributed by atoms with van der Waals surface area (Å²) < 4.78 is 18.4. The Morgan fingerprint density at radius 2 is 1.77 bits per heavy atom. The zero-order valence-corrected chi connectivity index (χ0v) is 24.2. The predicted octanol–water partition coefficient (Wildman–Crippen LogP) is 5.57. The van der Waals surface area contributed by atoms with Crippen LogP contribution in [0.5, 0.6) is 0 Å². The lowest BCUT2D eigenvalue weighted by molar-refractivity contribution is -0.113. The molecule has 0 aliphatic carbocycles. The number of amides is 1. The van der Waals surface area contributed by atoms with Gasteiger partial charge in [0, 0.05) is 16.4 Å². The van der Waals surface area contributed by atoms with Crippen LogP contribution in [0.3, 0.4) is 0 Å². The van der Waals surface area contributed by atoms with Crippen LogP contribution in [-0.2, 0) is 4.79 Å². The summed E-state index contributed by atoms with van der Waals surface area (Å²) in [7, 11) is 3.91. The maximum atomic E-state index is 13.5. The summed E-state index contributed by atoms with van der Waals surface area (Å²) in [5, 5.41) is 12.3. The molecule has 0 fully saturated rings. The molecule has 0 bridgehead atoms. The molecule has 0 aliphatic heterocycles. The van der Waals surface area contributed by atoms with Crippen LogP contribution in [0.2, 0.25) is 0 Å². The van der Waals surface area contributed by atoms with E-state index in [1.54, 1.807) is 12.1 Å². The van der Waals surface area contributed by atoms with Crippen molar-refractivity contribution >= 4 is 91.1 Å². The molecule has 3 rings (SSSR count). The topological polar surface area (TPSA) is 63.1 Å². The van der Waals surface area contributed by atoms with Gasteiger partial charge in [-0.3, -0.25) is 14.3 Å². The number of hydrogen-bond acceptors (Lipinski definition) is 5. The molecular weight excluding hydrogens is 758 g/mol. The Balaban J connectivity index is 1.83. The zero-order valence-electron chi connectivity index (χ0n) is 16.9. The van der Waals surface area contributed by atoms with Crippen LogP contribution in [0.4, 0.5) is 10.1 Å². The Morgan fingerprint density at radius 3 is 2.35 bits per heavy atom. The van der Waals surface area contributed by atoms with Gasteiger partial charge in [-0.1, -0.05) is 11.8 Å². The summed E-state index contributed by atoms with van der Waals surface area (Å²) in [6, 6.07) is 10.2. The first-order chi connectivity index (χ1) is 14.7. The van der Waals surface area contributed by atoms with Gasteiger partial charge in [-0.15, -0.1) is 10.2 Å². The molecule has 0 unspecified atom stereocenters. The minimum absolute atomic E-state index is 0.0179. The van der Waals surface area contributed by atoms with Crippen LogP contribution in [0.1, 0.15) is 18.8 Å². The summed E-state index contributed by atoms with van der Waals surface area (Å²) in [5.41, 5.74) is 1.56. The van der Waals surface area contributed by atoms with E-state index in [0.717, 1.165) is 27.9 Å². The average Bonchev–Trinajstić information content (AvgIpc) is 3.12. The Hall–Kier alpha value is -0.520. The predicted molar refractivity (Wildman–Crippen MR) is 147 cm³/mol. The highest BCUT2D eigenvalue weighted by molar-refractivity contribution is 14.1. The summed E-state index contributed by atoms with van der Waals surface area (Å²) in [4.78, 5) is 14.7. The van der Waals surface area contributed by atoms with Crippen molar-refractivity contribution in [1.82, 2.24) is 19.7 Å². The Bertz CT molecular complexity index is 1070. The van der Waals surface area contributed by atoms with Crippen molar-refractivity contribution in [2.75, 3.05) is 25.2 Å². The second kappa shape index (κ2) is 11.1. The molecule has 0 spiro atoms. The first-order valence-corrected chi connectivity index (χ1v) is 13.3. The lowest BCUT2D eigenvalue weighted by Gasteiger charge is -2.20. The molecule has 6 nitrogen and oxygen atoms in total. The van der Waals surface area contributed by atoms with E-state index in [1.807, 2.05) is 42.6 Å². The van der Waals surface area contributed by atoms with Gasteiger partial charge in [0.15, 0.2) is 11.0 Å². The third-order valence-corrected chi connectivity index (χ3v) is 7.75. The largest absolute Gasteiger partial charge is 0.324 e. The quantitative estimate of drug-likeness (QED) is 0.251. The summed E-state index contributed by atoms with van der Waals surface area (Å²) in [6.45, 7) is 2.02. The van der Waals surface area contributed by atoms with Gasteiger partial charge in [0.2, 0.25) is 5.91 Å². The molecular formula is C20H19FI3N5OS. The number of carbonyl (C=O) groups excluding carboxylic acids is 1. The minimum Gasteiger partial charge on any atom is -0.324 e. The first-order valence-electron chi connectivity index (χ1n) is 9.12. The molecule has 1 atom stereocenters. The maximum absolute atomic E-state index is 13.5. The van der Waals surface area contributed by atoms with Gasteiger partial charge < -0.3 is 5.32 Å². The van der Waals surface area contributed by atoms with Crippen LogP contribution < -0.4 is 5.32 Å². The lowest BCUT2D eigenvalue weighted by Crippen LogP contribution is -2.21. The molecule has 3 aromatic rings. The van der Waals surface area contributed by atoms with Crippen LogP contribution in [0.25, 0.3) is 5.69 Å². The van der Waals surface area contributed by atoms with Crippen molar-refractivity contribution in [2.24, 2.45) is 0 Å². The third kappa shape index (κ3) is 6.29. The molecule has 0 aliphatic rings. The number of hydrogen-bond donors (Lipinski definition) is 1. The fourth-order valence-corrected chi connectivity index (χ4v) is 7.29. The number of halogens is 4. The molecule has 1 aromatic heterocycles. The highest BCUT2D eigenvalue weighted by Gasteiger charge is 2.22. The van der Waals surface area contributed by atoms with Crippen LogP contribution >= 0.6 is 79.5 Å². The van der Waals surface area contributed by atoms with E-state index in [4.69, 9.17) is 0 Å². The van der Waals surface area contributed by atoms with Crippen molar-refractivity contribution in [3.8, 4) is 5.69 Å². The molecule has 1 N–H and O–H groups in total. The minimum atomic E-state index is -0.311. The van der Waals surface area contributed by atoms with E-state index in [0.29, 0.717) is 5.16 Å². The molecule has 2 aromatic carbocycles. The molecule has 0 saturated carbocycles. The highest BCUT2D eigenvalue weighted by Crippen LogP contribution is 2.29. The zero-order chi connectivity index (χ0) is 22.7. The maximum Gasteiger partial charge on any atom is 0.234 e. The van der Waals surface area contributed by atoms with Gasteiger partial charge in [0.05, 0.1) is 17.5 Å². The fourth-order valence-electron chi connectivity index (χ4n) is 2.68. The van der Waals surface area contributed by atoms with Gasteiger partial charge in [0.25, 0.3) is 0 Å². The third-order valence-electron chi connectivity index (χ3n) is 4.50. The Kier molecular flexibility index (Phi) is 8.97. The number of carbonyl (C=O) groups is 1. The normalized spacial score (nSPS) is 12.3. The average molecular weight is 777 g/mol. The molecule has 0 saturated heterocycles. The fraction of sp³-hybridized carbons (Fsp3) is 0.250. The van der Waals surface area contributed by atoms with Gasteiger partial charge in [0.1, 0.15) is 5.82 Å². The van der Waals surface area contributed by atoms with E-state index >= 15 is 0 Å². The van der Waals surface area contributed by atoms with Gasteiger partial charge in [-0.25, -0.2) is 4.39 Å².